The van der Waals surface area contributed by atoms with E-state index in [0.717, 1.165) is 58.2 Å². The van der Waals surface area contributed by atoms with Gasteiger partial charge in [0.05, 0.1) is 11.0 Å². The van der Waals surface area contributed by atoms with Crippen LogP contribution in [0.3, 0.4) is 0 Å². The minimum atomic E-state index is -0.620. The molecule has 2 aliphatic heterocycles. The number of pyridine rings is 1. The van der Waals surface area contributed by atoms with E-state index in [9.17, 15) is 14.4 Å². The zero-order valence-corrected chi connectivity index (χ0v) is 16.9. The van der Waals surface area contributed by atoms with Gasteiger partial charge in [0.2, 0.25) is 5.91 Å². The van der Waals surface area contributed by atoms with E-state index in [2.05, 4.69) is 15.2 Å². The number of rotatable bonds is 5. The van der Waals surface area contributed by atoms with Crippen LogP contribution in [0.5, 0.6) is 0 Å². The molecule has 0 aromatic carbocycles. The maximum Gasteiger partial charge on any atom is 0.267 e. The Morgan fingerprint density at radius 3 is 2.48 bits per heavy atom. The second kappa shape index (κ2) is 7.74. The summed E-state index contributed by atoms with van der Waals surface area (Å²) in [6.45, 7) is 3.13. The molecule has 3 heterocycles. The van der Waals surface area contributed by atoms with Crippen LogP contribution in [0.1, 0.15) is 59.4 Å². The van der Waals surface area contributed by atoms with Gasteiger partial charge in [-0.1, -0.05) is 0 Å². The van der Waals surface area contributed by atoms with Crippen LogP contribution in [-0.4, -0.2) is 71.3 Å². The van der Waals surface area contributed by atoms with Crippen molar-refractivity contribution in [2.75, 3.05) is 26.7 Å². The fourth-order valence-electron chi connectivity index (χ4n) is 5.05. The normalized spacial score (nSPS) is 30.7. The molecule has 4 rings (SSSR count). The number of amides is 3. The molecule has 0 unspecified atom stereocenters. The fraction of sp³-hybridized carbons (Fsp3) is 0.619. The Morgan fingerprint density at radius 2 is 1.90 bits per heavy atom. The molecule has 1 saturated carbocycles. The first kappa shape index (κ1) is 19.8. The number of piperidine rings is 2. The Hall–Kier alpha value is -2.48. The monoisotopic (exact) mass is 399 g/mol. The van der Waals surface area contributed by atoms with Gasteiger partial charge in [-0.15, -0.1) is 0 Å². The fourth-order valence-corrected chi connectivity index (χ4v) is 5.05. The molecule has 3 amide bonds. The third kappa shape index (κ3) is 3.85. The average molecular weight is 399 g/mol. The molecule has 3 aliphatic rings. The van der Waals surface area contributed by atoms with E-state index in [-0.39, 0.29) is 35.0 Å². The summed E-state index contributed by atoms with van der Waals surface area (Å²) in [4.78, 5) is 45.0. The second-order valence-corrected chi connectivity index (χ2v) is 8.77. The van der Waals surface area contributed by atoms with E-state index < -0.39 is 5.91 Å². The lowest BCUT2D eigenvalue weighted by atomic mass is 9.71. The number of hydrogen-bond donors (Lipinski definition) is 2. The zero-order chi connectivity index (χ0) is 20.6. The van der Waals surface area contributed by atoms with Crippen LogP contribution in [0.15, 0.2) is 18.3 Å². The van der Waals surface area contributed by atoms with Crippen molar-refractivity contribution in [2.45, 2.75) is 50.6 Å². The molecule has 1 aromatic rings. The zero-order valence-electron chi connectivity index (χ0n) is 16.9. The highest BCUT2D eigenvalue weighted by Crippen LogP contribution is 2.41. The van der Waals surface area contributed by atoms with Gasteiger partial charge in [0.15, 0.2) is 0 Å². The topological polar surface area (TPSA) is 109 Å². The maximum absolute atomic E-state index is 13.3. The molecule has 0 atom stereocenters. The third-order valence-electron chi connectivity index (χ3n) is 6.83. The minimum absolute atomic E-state index is 0.0466. The maximum atomic E-state index is 13.3. The number of carbonyl (C=O) groups is 3. The molecule has 8 heteroatoms. The van der Waals surface area contributed by atoms with Crippen molar-refractivity contribution in [2.24, 2.45) is 11.1 Å². The Morgan fingerprint density at radius 1 is 1.21 bits per heavy atom. The molecule has 29 heavy (non-hydrogen) atoms. The Labute approximate surface area is 170 Å². The van der Waals surface area contributed by atoms with Gasteiger partial charge in [0.25, 0.3) is 11.8 Å². The quantitative estimate of drug-likeness (QED) is 0.760. The first-order valence-corrected chi connectivity index (χ1v) is 10.4. The number of nitrogens with one attached hydrogen (secondary N) is 1. The van der Waals surface area contributed by atoms with Crippen LogP contribution in [0.2, 0.25) is 0 Å². The number of nitrogens with two attached hydrogens (primary N) is 1. The predicted octanol–water partition coefficient (Wildman–Crippen LogP) is 0.776. The highest BCUT2D eigenvalue weighted by molar-refractivity contribution is 5.96. The second-order valence-electron chi connectivity index (χ2n) is 8.77. The molecule has 2 bridgehead atoms. The van der Waals surface area contributed by atoms with Crippen LogP contribution >= 0.6 is 0 Å². The van der Waals surface area contributed by atoms with E-state index >= 15 is 0 Å². The highest BCUT2D eigenvalue weighted by atomic mass is 16.2. The van der Waals surface area contributed by atoms with E-state index in [1.165, 1.54) is 12.3 Å². The van der Waals surface area contributed by atoms with Gasteiger partial charge in [-0.05, 0) is 63.7 Å². The summed E-state index contributed by atoms with van der Waals surface area (Å²) >= 11 is 0. The molecule has 2 saturated heterocycles. The summed E-state index contributed by atoms with van der Waals surface area (Å²) in [5.74, 6) is -0.562. The van der Waals surface area contributed by atoms with Crippen molar-refractivity contribution < 1.29 is 14.4 Å². The standard InChI is InChI=1S/C21H29N5O3/c1-25(20(29)21-6-2-8-26(13-21)9-3-7-21)16-10-15(11-16)24-19(28)14-4-5-17(18(22)27)23-12-14/h4-5,12,15-16H,2-3,6-11,13H2,1H3,(H2,22,27)(H,24,28). The van der Waals surface area contributed by atoms with Crippen molar-refractivity contribution in [1.29, 1.82) is 0 Å². The molecule has 0 spiro atoms. The number of hydrogen-bond acceptors (Lipinski definition) is 5. The minimum Gasteiger partial charge on any atom is -0.364 e. The Kier molecular flexibility index (Phi) is 5.29. The van der Waals surface area contributed by atoms with E-state index in [1.54, 1.807) is 6.07 Å². The summed E-state index contributed by atoms with van der Waals surface area (Å²) in [5.41, 5.74) is 5.49. The number of nitrogens with zero attached hydrogens (tertiary/aromatic N) is 3. The molecule has 8 nitrogen and oxygen atoms in total. The van der Waals surface area contributed by atoms with Gasteiger partial charge in [0, 0.05) is 31.9 Å². The van der Waals surface area contributed by atoms with Crippen molar-refractivity contribution in [3.05, 3.63) is 29.6 Å². The number of carbonyl (C=O) groups excluding carboxylic acids is 3. The molecular formula is C21H29N5O3. The molecular weight excluding hydrogens is 370 g/mol. The first-order valence-electron chi connectivity index (χ1n) is 10.4. The molecule has 3 fully saturated rings. The van der Waals surface area contributed by atoms with Crippen LogP contribution in [0.4, 0.5) is 0 Å². The Balaban J connectivity index is 1.29. The molecule has 0 radical (unpaired) electrons. The van der Waals surface area contributed by atoms with Crippen LogP contribution in [0, 0.1) is 5.41 Å². The van der Waals surface area contributed by atoms with Crippen molar-refractivity contribution in [3.63, 3.8) is 0 Å². The van der Waals surface area contributed by atoms with Crippen LogP contribution in [-0.2, 0) is 4.79 Å². The smallest absolute Gasteiger partial charge is 0.267 e. The van der Waals surface area contributed by atoms with E-state index in [0.29, 0.717) is 5.56 Å². The number of aromatic nitrogens is 1. The predicted molar refractivity (Wildman–Crippen MR) is 107 cm³/mol. The first-order chi connectivity index (χ1) is 13.9. The number of fused-ring (bicyclic) bond motifs is 2. The van der Waals surface area contributed by atoms with Gasteiger partial charge in [-0.25, -0.2) is 0 Å². The van der Waals surface area contributed by atoms with Gasteiger partial charge in [-0.3, -0.25) is 19.4 Å². The molecule has 3 N–H and O–H groups in total. The lowest BCUT2D eigenvalue weighted by molar-refractivity contribution is -0.151. The van der Waals surface area contributed by atoms with Crippen LogP contribution in [0.25, 0.3) is 0 Å². The Bertz CT molecular complexity index is 793. The SMILES string of the molecule is CN(C(=O)C12CCCN(CCC1)C2)C1CC(NC(=O)c2ccc(C(N)=O)nc2)C1. The lowest BCUT2D eigenvalue weighted by Gasteiger charge is -2.50. The van der Waals surface area contributed by atoms with Gasteiger partial charge in [0.1, 0.15) is 5.69 Å². The van der Waals surface area contributed by atoms with E-state index in [1.807, 2.05) is 11.9 Å². The van der Waals surface area contributed by atoms with Crippen molar-refractivity contribution >= 4 is 17.7 Å². The van der Waals surface area contributed by atoms with E-state index in [4.69, 9.17) is 5.73 Å². The van der Waals surface area contributed by atoms with Gasteiger partial charge in [-0.2, -0.15) is 0 Å². The number of primary amides is 1. The summed E-state index contributed by atoms with van der Waals surface area (Å²) in [7, 11) is 1.92. The van der Waals surface area contributed by atoms with Gasteiger partial charge >= 0.3 is 0 Å². The molecule has 1 aliphatic carbocycles. The summed E-state index contributed by atoms with van der Waals surface area (Å²) in [5, 5.41) is 2.99. The van der Waals surface area contributed by atoms with Gasteiger partial charge < -0.3 is 20.9 Å². The largest absolute Gasteiger partial charge is 0.364 e. The average Bonchev–Trinajstić information content (AvgIpc) is 2.69. The lowest BCUT2D eigenvalue weighted by Crippen LogP contribution is -2.60. The molecule has 1 aromatic heterocycles. The summed E-state index contributed by atoms with van der Waals surface area (Å²) in [6.07, 6.45) is 7.08. The molecule has 156 valence electrons. The third-order valence-corrected chi connectivity index (χ3v) is 6.83. The van der Waals surface area contributed by atoms with Crippen molar-refractivity contribution in [3.8, 4) is 0 Å². The van der Waals surface area contributed by atoms with Crippen molar-refractivity contribution in [1.82, 2.24) is 20.1 Å². The summed E-state index contributed by atoms with van der Waals surface area (Å²) in [6, 6.07) is 3.22. The summed E-state index contributed by atoms with van der Waals surface area (Å²) < 4.78 is 0. The van der Waals surface area contributed by atoms with Crippen LogP contribution < -0.4 is 11.1 Å². The highest BCUT2D eigenvalue weighted by Gasteiger charge is 2.48.